The lowest BCUT2D eigenvalue weighted by molar-refractivity contribution is 0.0793. The Balaban J connectivity index is 1.88. The maximum Gasteiger partial charge on any atom is 0.165 e. The Labute approximate surface area is 119 Å². The first kappa shape index (κ1) is 14.5. The molecule has 2 rings (SSSR count). The molecule has 0 saturated carbocycles. The summed E-state index contributed by atoms with van der Waals surface area (Å²) in [6, 6.07) is 7.63. The number of nitrogens with zero attached hydrogens (tertiary/aromatic N) is 1. The van der Waals surface area contributed by atoms with Gasteiger partial charge >= 0.3 is 0 Å². The highest BCUT2D eigenvalue weighted by atomic mass is 35.5. The average Bonchev–Trinajstić information content (AvgIpc) is 2.82. The molecular formula is C15H20ClNO2. The van der Waals surface area contributed by atoms with Gasteiger partial charge in [0.25, 0.3) is 0 Å². The van der Waals surface area contributed by atoms with Crippen molar-refractivity contribution in [2.45, 2.75) is 31.9 Å². The number of benzene rings is 1. The molecule has 0 aliphatic carbocycles. The van der Waals surface area contributed by atoms with E-state index in [1.165, 1.54) is 0 Å². The molecule has 0 N–H and O–H groups in total. The molecule has 1 fully saturated rings. The molecule has 0 spiro atoms. The lowest BCUT2D eigenvalue weighted by Gasteiger charge is -2.26. The summed E-state index contributed by atoms with van der Waals surface area (Å²) in [6.07, 6.45) is 1.78. The Kier molecular flexibility index (Phi) is 4.97. The second kappa shape index (κ2) is 6.51. The van der Waals surface area contributed by atoms with E-state index in [0.717, 1.165) is 19.6 Å². The van der Waals surface area contributed by atoms with Gasteiger partial charge in [0, 0.05) is 31.2 Å². The van der Waals surface area contributed by atoms with Crippen molar-refractivity contribution in [3.8, 4) is 0 Å². The van der Waals surface area contributed by atoms with Crippen molar-refractivity contribution < 1.29 is 9.53 Å². The van der Waals surface area contributed by atoms with Crippen molar-refractivity contribution in [3.05, 3.63) is 34.9 Å². The number of ketones is 1. The third kappa shape index (κ3) is 3.56. The van der Waals surface area contributed by atoms with E-state index in [1.807, 2.05) is 12.1 Å². The lowest BCUT2D eigenvalue weighted by Crippen LogP contribution is -2.37. The Morgan fingerprint density at radius 2 is 2.21 bits per heavy atom. The fourth-order valence-corrected chi connectivity index (χ4v) is 2.81. The van der Waals surface area contributed by atoms with Crippen LogP contribution >= 0.6 is 11.6 Å². The molecule has 4 heteroatoms. The molecule has 1 aliphatic rings. The summed E-state index contributed by atoms with van der Waals surface area (Å²) in [5.74, 6) is 0.101. The largest absolute Gasteiger partial charge is 0.377 e. The molecule has 2 unspecified atom stereocenters. The molecule has 1 aliphatic heterocycles. The number of carbonyl (C=O) groups is 1. The number of Topliss-reactive ketones (excluding diaryl/α,β-unsaturated/α-hetero) is 1. The van der Waals surface area contributed by atoms with Crippen LogP contribution in [0.1, 0.15) is 30.1 Å². The number of carbonyl (C=O) groups excluding carboxylic acids is 1. The van der Waals surface area contributed by atoms with Crippen LogP contribution in [0.2, 0.25) is 5.02 Å². The molecule has 2 atom stereocenters. The maximum absolute atomic E-state index is 12.1. The number of hydrogen-bond donors (Lipinski definition) is 0. The van der Waals surface area contributed by atoms with Crippen LogP contribution in [0.15, 0.2) is 24.3 Å². The van der Waals surface area contributed by atoms with E-state index in [-0.39, 0.29) is 11.9 Å². The smallest absolute Gasteiger partial charge is 0.165 e. The van der Waals surface area contributed by atoms with Gasteiger partial charge in [0.1, 0.15) is 0 Å². The Bertz CT molecular complexity index is 450. The minimum absolute atomic E-state index is 0.101. The van der Waals surface area contributed by atoms with Gasteiger partial charge < -0.3 is 9.64 Å². The summed E-state index contributed by atoms with van der Waals surface area (Å²) in [5.41, 5.74) is 0.619. The van der Waals surface area contributed by atoms with Crippen LogP contribution in [-0.2, 0) is 4.74 Å². The van der Waals surface area contributed by atoms with E-state index in [4.69, 9.17) is 16.3 Å². The Morgan fingerprint density at radius 3 is 2.84 bits per heavy atom. The van der Waals surface area contributed by atoms with Crippen molar-refractivity contribution in [1.82, 2.24) is 4.90 Å². The average molecular weight is 282 g/mol. The fourth-order valence-electron chi connectivity index (χ4n) is 2.56. The summed E-state index contributed by atoms with van der Waals surface area (Å²) < 4.78 is 5.55. The summed E-state index contributed by atoms with van der Waals surface area (Å²) in [4.78, 5) is 14.3. The molecule has 0 radical (unpaired) electrons. The van der Waals surface area contributed by atoms with Crippen molar-refractivity contribution >= 4 is 17.4 Å². The minimum Gasteiger partial charge on any atom is -0.377 e. The van der Waals surface area contributed by atoms with Gasteiger partial charge in [0.2, 0.25) is 0 Å². The molecule has 1 heterocycles. The summed E-state index contributed by atoms with van der Waals surface area (Å²) in [7, 11) is 2.05. The third-order valence-electron chi connectivity index (χ3n) is 3.77. The minimum atomic E-state index is 0.101. The molecule has 1 saturated heterocycles. The normalized spacial score (nSPS) is 22.9. The first-order chi connectivity index (χ1) is 9.09. The first-order valence-corrected chi connectivity index (χ1v) is 7.07. The van der Waals surface area contributed by atoms with Crippen LogP contribution in [0.3, 0.4) is 0 Å². The van der Waals surface area contributed by atoms with Crippen LogP contribution in [0.5, 0.6) is 0 Å². The van der Waals surface area contributed by atoms with Crippen molar-refractivity contribution in [1.29, 1.82) is 0 Å². The van der Waals surface area contributed by atoms with E-state index in [9.17, 15) is 4.79 Å². The van der Waals surface area contributed by atoms with Crippen LogP contribution in [0.25, 0.3) is 0 Å². The fraction of sp³-hybridized carbons (Fsp3) is 0.533. The van der Waals surface area contributed by atoms with E-state index >= 15 is 0 Å². The molecule has 1 aromatic rings. The highest BCUT2D eigenvalue weighted by Crippen LogP contribution is 2.20. The molecule has 0 amide bonds. The number of hydrogen-bond acceptors (Lipinski definition) is 3. The standard InChI is InChI=1S/C15H20ClNO2/c1-11-14(8-10-19-11)17(2)9-7-15(18)12-5-3-4-6-13(12)16/h3-6,11,14H,7-10H2,1-2H3. The van der Waals surface area contributed by atoms with E-state index in [2.05, 4.69) is 18.9 Å². The van der Waals surface area contributed by atoms with Gasteiger partial charge in [-0.2, -0.15) is 0 Å². The van der Waals surface area contributed by atoms with Crippen LogP contribution in [-0.4, -0.2) is 43.0 Å². The second-order valence-corrected chi connectivity index (χ2v) is 5.47. The zero-order valence-corrected chi connectivity index (χ0v) is 12.2. The lowest BCUT2D eigenvalue weighted by atomic mass is 10.1. The zero-order valence-electron chi connectivity index (χ0n) is 11.4. The van der Waals surface area contributed by atoms with Crippen LogP contribution in [0.4, 0.5) is 0 Å². The molecule has 3 nitrogen and oxygen atoms in total. The van der Waals surface area contributed by atoms with Crippen molar-refractivity contribution in [2.24, 2.45) is 0 Å². The SMILES string of the molecule is CC1OCCC1N(C)CCC(=O)c1ccccc1Cl. The topological polar surface area (TPSA) is 29.5 Å². The molecular weight excluding hydrogens is 262 g/mol. The van der Waals surface area contributed by atoms with Crippen molar-refractivity contribution in [3.63, 3.8) is 0 Å². The second-order valence-electron chi connectivity index (χ2n) is 5.07. The van der Waals surface area contributed by atoms with E-state index in [1.54, 1.807) is 12.1 Å². The molecule has 1 aromatic carbocycles. The van der Waals surface area contributed by atoms with Gasteiger partial charge in [-0.25, -0.2) is 0 Å². The Morgan fingerprint density at radius 1 is 1.47 bits per heavy atom. The van der Waals surface area contributed by atoms with Gasteiger partial charge in [-0.05, 0) is 32.5 Å². The third-order valence-corrected chi connectivity index (χ3v) is 4.10. The molecule has 0 bridgehead atoms. The maximum atomic E-state index is 12.1. The predicted octanol–water partition coefficient (Wildman–Crippen LogP) is 3.02. The van der Waals surface area contributed by atoms with Gasteiger partial charge in [-0.1, -0.05) is 23.7 Å². The summed E-state index contributed by atoms with van der Waals surface area (Å²) in [6.45, 7) is 3.64. The van der Waals surface area contributed by atoms with Crippen LogP contribution in [0, 0.1) is 0 Å². The number of likely N-dealkylation sites (N-methyl/N-ethyl adjacent to an activating group) is 1. The van der Waals surface area contributed by atoms with Gasteiger partial charge in [0.05, 0.1) is 11.1 Å². The predicted molar refractivity (Wildman–Crippen MR) is 76.8 cm³/mol. The monoisotopic (exact) mass is 281 g/mol. The number of rotatable bonds is 5. The van der Waals surface area contributed by atoms with Gasteiger partial charge in [0.15, 0.2) is 5.78 Å². The van der Waals surface area contributed by atoms with E-state index in [0.29, 0.717) is 23.0 Å². The van der Waals surface area contributed by atoms with Gasteiger partial charge in [-0.3, -0.25) is 4.79 Å². The molecule has 19 heavy (non-hydrogen) atoms. The molecule has 0 aromatic heterocycles. The Hall–Kier alpha value is -0.900. The first-order valence-electron chi connectivity index (χ1n) is 6.69. The summed E-state index contributed by atoms with van der Waals surface area (Å²) >= 11 is 6.03. The number of halogens is 1. The highest BCUT2D eigenvalue weighted by Gasteiger charge is 2.27. The quantitative estimate of drug-likeness (QED) is 0.777. The van der Waals surface area contributed by atoms with Crippen molar-refractivity contribution in [2.75, 3.05) is 20.2 Å². The van der Waals surface area contributed by atoms with E-state index < -0.39 is 0 Å². The zero-order chi connectivity index (χ0) is 13.8. The number of ether oxygens (including phenoxy) is 1. The highest BCUT2D eigenvalue weighted by molar-refractivity contribution is 6.33. The summed E-state index contributed by atoms with van der Waals surface area (Å²) in [5, 5.41) is 0.535. The molecule has 104 valence electrons. The van der Waals surface area contributed by atoms with Crippen LogP contribution < -0.4 is 0 Å². The van der Waals surface area contributed by atoms with Gasteiger partial charge in [-0.15, -0.1) is 0 Å².